The molecule has 0 spiro atoms. The van der Waals surface area contributed by atoms with Gasteiger partial charge in [-0.05, 0) is 31.0 Å². The molecule has 2 heterocycles. The molecule has 1 aromatic carbocycles. The van der Waals surface area contributed by atoms with Crippen molar-refractivity contribution in [2.45, 2.75) is 20.3 Å². The van der Waals surface area contributed by atoms with E-state index in [-0.39, 0.29) is 0 Å². The number of hydrogen-bond donors (Lipinski definition) is 1. The highest BCUT2D eigenvalue weighted by Crippen LogP contribution is 2.25. The summed E-state index contributed by atoms with van der Waals surface area (Å²) in [5.41, 5.74) is 2.79. The minimum atomic E-state index is 0.678. The lowest BCUT2D eigenvalue weighted by Gasteiger charge is -2.08. The fraction of sp³-hybridized carbons (Fsp3) is 0.267. The summed E-state index contributed by atoms with van der Waals surface area (Å²) in [7, 11) is 0. The molecule has 6 heteroatoms. The molecule has 0 saturated heterocycles. The Labute approximate surface area is 128 Å². The summed E-state index contributed by atoms with van der Waals surface area (Å²) in [4.78, 5) is 8.65. The number of halogens is 1. The van der Waals surface area contributed by atoms with Crippen LogP contribution in [-0.2, 0) is 0 Å². The molecule has 0 aliphatic carbocycles. The minimum absolute atomic E-state index is 0.678. The zero-order chi connectivity index (χ0) is 14.8. The Bertz CT molecular complexity index is 781. The number of hydrogen-bond acceptors (Lipinski definition) is 4. The standard InChI is InChI=1S/C15H16ClN5/c1-3-6-17-14-12-8-20-21(15(12)19-9-18-14)13-7-11(16)5-4-10(13)2/h4-5,7-9H,3,6H2,1-2H3,(H,17,18,19). The van der Waals surface area contributed by atoms with E-state index in [2.05, 4.69) is 27.3 Å². The van der Waals surface area contributed by atoms with Crippen LogP contribution in [-0.4, -0.2) is 26.3 Å². The highest BCUT2D eigenvalue weighted by atomic mass is 35.5. The summed E-state index contributed by atoms with van der Waals surface area (Å²) in [5, 5.41) is 9.34. The summed E-state index contributed by atoms with van der Waals surface area (Å²) in [6.07, 6.45) is 4.37. The first-order valence-corrected chi connectivity index (χ1v) is 7.27. The number of benzene rings is 1. The van der Waals surface area contributed by atoms with Crippen LogP contribution in [0.25, 0.3) is 16.7 Å². The van der Waals surface area contributed by atoms with Crippen molar-refractivity contribution in [1.29, 1.82) is 0 Å². The van der Waals surface area contributed by atoms with Gasteiger partial charge in [0.2, 0.25) is 0 Å². The molecule has 5 nitrogen and oxygen atoms in total. The summed E-state index contributed by atoms with van der Waals surface area (Å²) in [6.45, 7) is 5.01. The van der Waals surface area contributed by atoms with Crippen LogP contribution in [0.2, 0.25) is 5.02 Å². The van der Waals surface area contributed by atoms with E-state index in [4.69, 9.17) is 11.6 Å². The zero-order valence-electron chi connectivity index (χ0n) is 12.0. The summed E-state index contributed by atoms with van der Waals surface area (Å²) < 4.78 is 1.80. The average molecular weight is 302 g/mol. The molecule has 0 aliphatic rings. The maximum absolute atomic E-state index is 6.10. The van der Waals surface area contributed by atoms with Crippen LogP contribution in [0.5, 0.6) is 0 Å². The second kappa shape index (κ2) is 5.69. The first kappa shape index (κ1) is 13.8. The van der Waals surface area contributed by atoms with Crippen molar-refractivity contribution in [2.75, 3.05) is 11.9 Å². The van der Waals surface area contributed by atoms with Crippen molar-refractivity contribution < 1.29 is 0 Å². The lowest BCUT2D eigenvalue weighted by Crippen LogP contribution is -2.04. The molecular weight excluding hydrogens is 286 g/mol. The number of rotatable bonds is 4. The Balaban J connectivity index is 2.14. The Kier molecular flexibility index (Phi) is 3.75. The van der Waals surface area contributed by atoms with E-state index in [1.165, 1.54) is 0 Å². The minimum Gasteiger partial charge on any atom is -0.369 e. The normalized spacial score (nSPS) is 11.0. The fourth-order valence-corrected chi connectivity index (χ4v) is 2.38. The quantitative estimate of drug-likeness (QED) is 0.800. The van der Waals surface area contributed by atoms with Crippen LogP contribution in [0.1, 0.15) is 18.9 Å². The lowest BCUT2D eigenvalue weighted by molar-refractivity contribution is 0.887. The van der Waals surface area contributed by atoms with Crippen LogP contribution in [0.3, 0.4) is 0 Å². The van der Waals surface area contributed by atoms with E-state index < -0.39 is 0 Å². The van der Waals surface area contributed by atoms with Gasteiger partial charge in [-0.2, -0.15) is 5.10 Å². The zero-order valence-corrected chi connectivity index (χ0v) is 12.7. The SMILES string of the molecule is CCCNc1ncnc2c1cnn2-c1cc(Cl)ccc1C. The molecule has 108 valence electrons. The number of aromatic nitrogens is 4. The maximum Gasteiger partial charge on any atom is 0.168 e. The van der Waals surface area contributed by atoms with Gasteiger partial charge in [-0.25, -0.2) is 14.6 Å². The number of anilines is 1. The van der Waals surface area contributed by atoms with Gasteiger partial charge in [-0.1, -0.05) is 24.6 Å². The Morgan fingerprint density at radius 3 is 2.95 bits per heavy atom. The van der Waals surface area contributed by atoms with Crippen LogP contribution < -0.4 is 5.32 Å². The molecule has 3 aromatic rings. The van der Waals surface area contributed by atoms with Gasteiger partial charge in [0, 0.05) is 11.6 Å². The third-order valence-corrected chi connectivity index (χ3v) is 3.54. The highest BCUT2D eigenvalue weighted by Gasteiger charge is 2.12. The van der Waals surface area contributed by atoms with Crippen molar-refractivity contribution in [3.8, 4) is 5.69 Å². The molecule has 0 aliphatic heterocycles. The molecule has 0 fully saturated rings. The molecular formula is C15H16ClN5. The predicted molar refractivity (Wildman–Crippen MR) is 85.2 cm³/mol. The van der Waals surface area contributed by atoms with Crippen LogP contribution in [0, 0.1) is 6.92 Å². The van der Waals surface area contributed by atoms with Crippen LogP contribution in [0.4, 0.5) is 5.82 Å². The van der Waals surface area contributed by atoms with Crippen LogP contribution >= 0.6 is 11.6 Å². The van der Waals surface area contributed by atoms with Gasteiger partial charge in [-0.3, -0.25) is 0 Å². The van der Waals surface area contributed by atoms with Gasteiger partial charge in [0.05, 0.1) is 17.3 Å². The van der Waals surface area contributed by atoms with Gasteiger partial charge in [0.25, 0.3) is 0 Å². The van der Waals surface area contributed by atoms with Crippen molar-refractivity contribution in [1.82, 2.24) is 19.7 Å². The second-order valence-corrected chi connectivity index (χ2v) is 5.31. The van der Waals surface area contributed by atoms with E-state index in [9.17, 15) is 0 Å². The molecule has 0 radical (unpaired) electrons. The molecule has 1 N–H and O–H groups in total. The molecule has 21 heavy (non-hydrogen) atoms. The van der Waals surface area contributed by atoms with E-state index >= 15 is 0 Å². The summed E-state index contributed by atoms with van der Waals surface area (Å²) >= 11 is 6.10. The Morgan fingerprint density at radius 1 is 1.29 bits per heavy atom. The predicted octanol–water partition coefficient (Wildman–Crippen LogP) is 3.60. The first-order chi connectivity index (χ1) is 10.2. The number of nitrogens with one attached hydrogen (secondary N) is 1. The summed E-state index contributed by atoms with van der Waals surface area (Å²) in [5.74, 6) is 0.813. The van der Waals surface area contributed by atoms with Crippen LogP contribution in [0.15, 0.2) is 30.7 Å². The number of aryl methyl sites for hydroxylation is 1. The number of nitrogens with zero attached hydrogens (tertiary/aromatic N) is 4. The van der Waals surface area contributed by atoms with Gasteiger partial charge in [-0.15, -0.1) is 0 Å². The van der Waals surface area contributed by atoms with Crippen molar-refractivity contribution >= 4 is 28.5 Å². The summed E-state index contributed by atoms with van der Waals surface area (Å²) in [6, 6.07) is 5.74. The monoisotopic (exact) mass is 301 g/mol. The molecule has 0 unspecified atom stereocenters. The fourth-order valence-electron chi connectivity index (χ4n) is 2.22. The second-order valence-electron chi connectivity index (χ2n) is 4.87. The van der Waals surface area contributed by atoms with E-state index in [0.717, 1.165) is 41.1 Å². The Hall–Kier alpha value is -2.14. The third-order valence-electron chi connectivity index (χ3n) is 3.31. The number of fused-ring (bicyclic) bond motifs is 1. The van der Waals surface area contributed by atoms with Gasteiger partial charge in [0.1, 0.15) is 12.1 Å². The van der Waals surface area contributed by atoms with Crippen molar-refractivity contribution in [2.24, 2.45) is 0 Å². The Morgan fingerprint density at radius 2 is 2.14 bits per heavy atom. The third kappa shape index (κ3) is 2.56. The van der Waals surface area contributed by atoms with Gasteiger partial charge in [0.15, 0.2) is 5.65 Å². The van der Waals surface area contributed by atoms with Gasteiger partial charge < -0.3 is 5.32 Å². The smallest absolute Gasteiger partial charge is 0.168 e. The largest absolute Gasteiger partial charge is 0.369 e. The van der Waals surface area contributed by atoms with E-state index in [1.807, 2.05) is 25.1 Å². The topological polar surface area (TPSA) is 55.6 Å². The molecule has 0 atom stereocenters. The van der Waals surface area contributed by atoms with E-state index in [1.54, 1.807) is 17.2 Å². The van der Waals surface area contributed by atoms with Gasteiger partial charge >= 0.3 is 0 Å². The highest BCUT2D eigenvalue weighted by molar-refractivity contribution is 6.30. The van der Waals surface area contributed by atoms with Crippen molar-refractivity contribution in [3.63, 3.8) is 0 Å². The maximum atomic E-state index is 6.10. The molecule has 3 rings (SSSR count). The average Bonchev–Trinajstić information content (AvgIpc) is 2.92. The molecule has 0 bridgehead atoms. The van der Waals surface area contributed by atoms with Crippen molar-refractivity contribution in [3.05, 3.63) is 41.3 Å². The first-order valence-electron chi connectivity index (χ1n) is 6.90. The van der Waals surface area contributed by atoms with E-state index in [0.29, 0.717) is 5.02 Å². The molecule has 0 amide bonds. The molecule has 0 saturated carbocycles. The molecule has 2 aromatic heterocycles. The lowest BCUT2D eigenvalue weighted by atomic mass is 10.2.